The maximum Gasteiger partial charge on any atom is 0.253 e. The Morgan fingerprint density at radius 1 is 1.08 bits per heavy atom. The van der Waals surface area contributed by atoms with Gasteiger partial charge in [-0.05, 0) is 25.1 Å². The third-order valence-corrected chi connectivity index (χ3v) is 4.37. The number of aromatic nitrogens is 2. The van der Waals surface area contributed by atoms with Crippen LogP contribution in [0.1, 0.15) is 17.3 Å². The van der Waals surface area contributed by atoms with Crippen LogP contribution < -0.4 is 15.4 Å². The van der Waals surface area contributed by atoms with Gasteiger partial charge >= 0.3 is 0 Å². The molecule has 0 radical (unpaired) electrons. The Morgan fingerprint density at radius 3 is 2.50 bits per heavy atom. The Balaban J connectivity index is 1.92. The van der Waals surface area contributed by atoms with Gasteiger partial charge in [0.05, 0.1) is 17.0 Å². The average molecular weight is 349 g/mol. The van der Waals surface area contributed by atoms with E-state index in [4.69, 9.17) is 0 Å². The van der Waals surface area contributed by atoms with Gasteiger partial charge in [0.1, 0.15) is 0 Å². The Morgan fingerprint density at radius 2 is 1.79 bits per heavy atom. The molecule has 0 atom stereocenters. The molecule has 0 spiro atoms. The van der Waals surface area contributed by atoms with Crippen molar-refractivity contribution in [3.8, 4) is 0 Å². The number of nitrogens with zero attached hydrogens (tertiary/aromatic N) is 2. The highest BCUT2D eigenvalue weighted by Crippen LogP contribution is 2.16. The zero-order valence-electron chi connectivity index (χ0n) is 13.2. The van der Waals surface area contributed by atoms with Gasteiger partial charge < -0.3 is 10.6 Å². The topological polar surface area (TPSA) is 113 Å². The summed E-state index contributed by atoms with van der Waals surface area (Å²) in [5, 5.41) is 5.69. The van der Waals surface area contributed by atoms with Crippen molar-refractivity contribution in [1.82, 2.24) is 15.3 Å². The van der Waals surface area contributed by atoms with Crippen LogP contribution in [0.3, 0.4) is 0 Å². The fourth-order valence-corrected chi connectivity index (χ4v) is 2.50. The van der Waals surface area contributed by atoms with Crippen molar-refractivity contribution in [1.29, 1.82) is 0 Å². The van der Waals surface area contributed by atoms with E-state index in [9.17, 15) is 13.2 Å². The maximum absolute atomic E-state index is 12.2. The maximum atomic E-state index is 12.2. The number of rotatable bonds is 8. The van der Waals surface area contributed by atoms with Gasteiger partial charge in [0, 0.05) is 25.5 Å². The van der Waals surface area contributed by atoms with Crippen molar-refractivity contribution in [2.45, 2.75) is 6.92 Å². The number of carbonyl (C=O) groups excluding carboxylic acids is 1. The first kappa shape index (κ1) is 17.7. The first-order chi connectivity index (χ1) is 11.5. The Bertz CT molecular complexity index is 781. The first-order valence-electron chi connectivity index (χ1n) is 7.40. The van der Waals surface area contributed by atoms with Crippen LogP contribution in [0.15, 0.2) is 42.7 Å². The number of benzene rings is 1. The van der Waals surface area contributed by atoms with Crippen LogP contribution in [-0.4, -0.2) is 43.1 Å². The van der Waals surface area contributed by atoms with Gasteiger partial charge in [0.2, 0.25) is 16.0 Å². The van der Waals surface area contributed by atoms with Gasteiger partial charge in [-0.3, -0.25) is 9.52 Å². The molecule has 0 saturated heterocycles. The Hall–Kier alpha value is -2.68. The van der Waals surface area contributed by atoms with Crippen LogP contribution in [0.5, 0.6) is 0 Å². The van der Waals surface area contributed by atoms with E-state index in [0.717, 1.165) is 0 Å². The summed E-state index contributed by atoms with van der Waals surface area (Å²) < 4.78 is 25.8. The number of hydrogen-bond donors (Lipinski definition) is 3. The van der Waals surface area contributed by atoms with E-state index in [1.165, 1.54) is 6.92 Å². The molecule has 2 aromatic rings. The summed E-state index contributed by atoms with van der Waals surface area (Å²) in [6.07, 6.45) is 3.23. The van der Waals surface area contributed by atoms with Crippen molar-refractivity contribution in [3.05, 3.63) is 48.3 Å². The molecule has 0 aliphatic rings. The standard InChI is InChI=1S/C15H19N5O3S/c1-2-24(22,23)20-13-7-4-3-6-12(13)14(21)16-10-11-19-15-17-8-5-9-18-15/h3-9,20H,2,10-11H2,1H3,(H,16,21)(H,17,18,19). The third kappa shape index (κ3) is 5.20. The predicted octanol–water partition coefficient (Wildman–Crippen LogP) is 1.08. The van der Waals surface area contributed by atoms with E-state index in [1.807, 2.05) is 0 Å². The number of amides is 1. The van der Waals surface area contributed by atoms with Gasteiger partial charge in [-0.1, -0.05) is 12.1 Å². The second-order valence-corrected chi connectivity index (χ2v) is 6.82. The molecule has 1 aromatic heterocycles. The van der Waals surface area contributed by atoms with E-state index >= 15 is 0 Å². The highest BCUT2D eigenvalue weighted by molar-refractivity contribution is 7.92. The average Bonchev–Trinajstić information content (AvgIpc) is 2.59. The minimum atomic E-state index is -3.45. The minimum absolute atomic E-state index is 0.0655. The molecule has 9 heteroatoms. The zero-order chi connectivity index (χ0) is 17.4. The molecule has 8 nitrogen and oxygen atoms in total. The summed E-state index contributed by atoms with van der Waals surface area (Å²) >= 11 is 0. The fourth-order valence-electron chi connectivity index (χ4n) is 1.85. The number of anilines is 2. The van der Waals surface area contributed by atoms with Crippen molar-refractivity contribution in [2.75, 3.05) is 28.9 Å². The van der Waals surface area contributed by atoms with Gasteiger partial charge in [-0.15, -0.1) is 0 Å². The van der Waals surface area contributed by atoms with Crippen LogP contribution in [0, 0.1) is 0 Å². The van der Waals surface area contributed by atoms with Gasteiger partial charge in [0.25, 0.3) is 5.91 Å². The van der Waals surface area contributed by atoms with Crippen LogP contribution in [0.2, 0.25) is 0 Å². The predicted molar refractivity (Wildman–Crippen MR) is 92.4 cm³/mol. The highest BCUT2D eigenvalue weighted by Gasteiger charge is 2.14. The van der Waals surface area contributed by atoms with E-state index in [0.29, 0.717) is 19.0 Å². The van der Waals surface area contributed by atoms with E-state index in [1.54, 1.807) is 42.7 Å². The number of para-hydroxylation sites is 1. The quantitative estimate of drug-likeness (QED) is 0.615. The summed E-state index contributed by atoms with van der Waals surface area (Å²) in [5.41, 5.74) is 0.529. The molecule has 2 rings (SSSR count). The molecule has 0 aliphatic carbocycles. The molecule has 0 fully saturated rings. The summed E-state index contributed by atoms with van der Waals surface area (Å²) in [5.74, 6) is 0.0484. The summed E-state index contributed by atoms with van der Waals surface area (Å²) in [6.45, 7) is 2.31. The lowest BCUT2D eigenvalue weighted by atomic mass is 10.1. The molecule has 128 valence electrons. The molecule has 3 N–H and O–H groups in total. The lowest BCUT2D eigenvalue weighted by Crippen LogP contribution is -2.30. The van der Waals surface area contributed by atoms with Crippen LogP contribution >= 0.6 is 0 Å². The number of carbonyl (C=O) groups is 1. The minimum Gasteiger partial charge on any atom is -0.352 e. The Labute approximate surface area is 140 Å². The van der Waals surface area contributed by atoms with E-state index in [2.05, 4.69) is 25.3 Å². The van der Waals surface area contributed by atoms with E-state index < -0.39 is 10.0 Å². The van der Waals surface area contributed by atoms with Crippen molar-refractivity contribution in [3.63, 3.8) is 0 Å². The van der Waals surface area contributed by atoms with Crippen molar-refractivity contribution < 1.29 is 13.2 Å². The lowest BCUT2D eigenvalue weighted by molar-refractivity contribution is 0.0956. The number of nitrogens with one attached hydrogen (secondary N) is 3. The highest BCUT2D eigenvalue weighted by atomic mass is 32.2. The molecule has 0 aliphatic heterocycles. The van der Waals surface area contributed by atoms with Crippen LogP contribution in [0.25, 0.3) is 0 Å². The molecule has 0 bridgehead atoms. The van der Waals surface area contributed by atoms with Gasteiger partial charge in [0.15, 0.2) is 0 Å². The molecule has 1 amide bonds. The SMILES string of the molecule is CCS(=O)(=O)Nc1ccccc1C(=O)NCCNc1ncccn1. The smallest absolute Gasteiger partial charge is 0.253 e. The molecule has 1 aromatic carbocycles. The van der Waals surface area contributed by atoms with Crippen molar-refractivity contribution in [2.24, 2.45) is 0 Å². The van der Waals surface area contributed by atoms with Gasteiger partial charge in [-0.2, -0.15) is 0 Å². The second-order valence-electron chi connectivity index (χ2n) is 4.81. The van der Waals surface area contributed by atoms with E-state index in [-0.39, 0.29) is 22.9 Å². The second kappa shape index (κ2) is 8.25. The number of hydrogen-bond acceptors (Lipinski definition) is 6. The first-order valence-corrected chi connectivity index (χ1v) is 9.05. The fraction of sp³-hybridized carbons (Fsp3) is 0.267. The zero-order valence-corrected chi connectivity index (χ0v) is 14.0. The molecular formula is C15H19N5O3S. The molecular weight excluding hydrogens is 330 g/mol. The molecule has 0 unspecified atom stereocenters. The van der Waals surface area contributed by atoms with Gasteiger partial charge in [-0.25, -0.2) is 18.4 Å². The summed E-state index contributed by atoms with van der Waals surface area (Å²) in [4.78, 5) is 20.3. The van der Waals surface area contributed by atoms with Crippen molar-refractivity contribution >= 4 is 27.6 Å². The largest absolute Gasteiger partial charge is 0.352 e. The normalized spacial score (nSPS) is 10.9. The molecule has 24 heavy (non-hydrogen) atoms. The number of sulfonamides is 1. The molecule has 1 heterocycles. The lowest BCUT2D eigenvalue weighted by Gasteiger charge is -2.12. The summed E-state index contributed by atoms with van der Waals surface area (Å²) in [6, 6.07) is 8.17. The molecule has 0 saturated carbocycles. The van der Waals surface area contributed by atoms with Crippen LogP contribution in [-0.2, 0) is 10.0 Å². The monoisotopic (exact) mass is 349 g/mol. The Kier molecular flexibility index (Phi) is 6.07. The third-order valence-electron chi connectivity index (χ3n) is 3.08. The van der Waals surface area contributed by atoms with Crippen LogP contribution in [0.4, 0.5) is 11.6 Å². The summed E-state index contributed by atoms with van der Waals surface area (Å²) in [7, 11) is -3.45.